The number of aromatic nitrogens is 4. The molecule has 1 aromatic carbocycles. The van der Waals surface area contributed by atoms with Crippen molar-refractivity contribution in [3.63, 3.8) is 0 Å². The average Bonchev–Trinajstić information content (AvgIpc) is 3.42. The molecule has 41 heavy (non-hydrogen) atoms. The van der Waals surface area contributed by atoms with E-state index in [2.05, 4.69) is 9.97 Å². The third-order valence-electron chi connectivity index (χ3n) is 8.38. The first-order valence-electron chi connectivity index (χ1n) is 14.5. The lowest BCUT2D eigenvalue weighted by atomic mass is 9.86. The van der Waals surface area contributed by atoms with Gasteiger partial charge in [-0.15, -0.1) is 0 Å². The number of alkyl halides is 2. The van der Waals surface area contributed by atoms with Crippen LogP contribution in [0.25, 0.3) is 16.9 Å². The van der Waals surface area contributed by atoms with Crippen LogP contribution in [0.2, 0.25) is 0 Å². The molecular weight excluding hydrogens is 534 g/mol. The third-order valence-corrected chi connectivity index (χ3v) is 8.38. The molecule has 1 amide bonds. The zero-order valence-corrected chi connectivity index (χ0v) is 23.3. The summed E-state index contributed by atoms with van der Waals surface area (Å²) < 4.78 is 46.9. The molecule has 3 aromatic rings. The molecule has 3 fully saturated rings. The van der Waals surface area contributed by atoms with Crippen LogP contribution in [0.3, 0.4) is 0 Å². The molecule has 4 heterocycles. The Bertz CT molecular complexity index is 1350. The number of halogens is 2. The molecule has 1 saturated carbocycles. The molecule has 0 radical (unpaired) electrons. The smallest absolute Gasteiger partial charge is 0.296 e. The fourth-order valence-corrected chi connectivity index (χ4v) is 6.08. The molecule has 1 aliphatic carbocycles. The molecule has 0 atom stereocenters. The summed E-state index contributed by atoms with van der Waals surface area (Å²) in [5, 5.41) is 0. The summed E-state index contributed by atoms with van der Waals surface area (Å²) >= 11 is 0. The van der Waals surface area contributed by atoms with Gasteiger partial charge >= 0.3 is 0 Å². The van der Waals surface area contributed by atoms with Crippen molar-refractivity contribution in [2.45, 2.75) is 57.2 Å². The van der Waals surface area contributed by atoms with Crippen molar-refractivity contribution < 1.29 is 27.8 Å². The number of anilines is 1. The lowest BCUT2D eigenvalue weighted by Gasteiger charge is -2.36. The predicted octanol–water partition coefficient (Wildman–Crippen LogP) is 4.16. The number of likely N-dealkylation sites (tertiary alicyclic amines) is 1. The number of methoxy groups -OCH3 is 1. The molecule has 220 valence electrons. The van der Waals surface area contributed by atoms with E-state index in [4.69, 9.17) is 19.2 Å². The number of hydrogen-bond acceptors (Lipinski definition) is 8. The Hall–Kier alpha value is -3.38. The maximum absolute atomic E-state index is 14.1. The summed E-state index contributed by atoms with van der Waals surface area (Å²) in [5.41, 5.74) is 1.00. The second kappa shape index (κ2) is 12.2. The molecule has 10 nitrogen and oxygen atoms in total. The van der Waals surface area contributed by atoms with E-state index >= 15 is 0 Å². The second-order valence-corrected chi connectivity index (χ2v) is 10.9. The molecule has 6 rings (SSSR count). The fourth-order valence-electron chi connectivity index (χ4n) is 6.08. The zero-order valence-electron chi connectivity index (χ0n) is 23.3. The largest absolute Gasteiger partial charge is 0.474 e. The lowest BCUT2D eigenvalue weighted by Crippen LogP contribution is -2.44. The van der Waals surface area contributed by atoms with Gasteiger partial charge in [0, 0.05) is 45.3 Å². The van der Waals surface area contributed by atoms with Gasteiger partial charge in [-0.3, -0.25) is 9.36 Å². The van der Waals surface area contributed by atoms with Gasteiger partial charge in [0.1, 0.15) is 11.9 Å². The summed E-state index contributed by atoms with van der Waals surface area (Å²) in [6.07, 6.45) is 1.98. The van der Waals surface area contributed by atoms with Crippen LogP contribution in [0.1, 0.15) is 50.8 Å². The van der Waals surface area contributed by atoms with Gasteiger partial charge in [0.15, 0.2) is 5.82 Å². The Kier molecular flexibility index (Phi) is 8.29. The van der Waals surface area contributed by atoms with E-state index in [1.165, 1.54) is 4.57 Å². The average molecular weight is 571 g/mol. The first-order chi connectivity index (χ1) is 20.0. The van der Waals surface area contributed by atoms with Gasteiger partial charge in [-0.25, -0.2) is 13.8 Å². The summed E-state index contributed by atoms with van der Waals surface area (Å²) in [6.45, 7) is 3.72. The normalized spacial score (nSPS) is 22.4. The number of fused-ring (bicyclic) bond motifs is 1. The Balaban J connectivity index is 1.22. The summed E-state index contributed by atoms with van der Waals surface area (Å²) in [7, 11) is 1.73. The summed E-state index contributed by atoms with van der Waals surface area (Å²) in [5.74, 6) is 0.849. The van der Waals surface area contributed by atoms with Crippen LogP contribution in [0, 0.1) is 5.92 Å². The summed E-state index contributed by atoms with van der Waals surface area (Å²) in [4.78, 5) is 30.7. The molecule has 3 aliphatic rings. The van der Waals surface area contributed by atoms with Crippen LogP contribution >= 0.6 is 0 Å². The number of para-hydroxylation sites is 2. The minimum Gasteiger partial charge on any atom is -0.474 e. The standard InChI is InChI=1S/C29H36F2N6O4/c1-39-20-10-12-35(13-11-20)28(38)19-6-8-21(9-7-19)41-25-18-24(33-29(34-25)36-14-16-40-17-15-36)37-23-5-3-2-4-22(23)32-27(37)26(30)31/h2-5,18-21,26H,6-17H2,1H3. The predicted molar refractivity (Wildman–Crippen MR) is 148 cm³/mol. The molecule has 0 bridgehead atoms. The van der Waals surface area contributed by atoms with Gasteiger partial charge in [-0.1, -0.05) is 12.1 Å². The monoisotopic (exact) mass is 570 g/mol. The molecule has 12 heteroatoms. The number of hydrogen-bond donors (Lipinski definition) is 0. The highest BCUT2D eigenvalue weighted by molar-refractivity contribution is 5.79. The second-order valence-electron chi connectivity index (χ2n) is 10.9. The van der Waals surface area contributed by atoms with Crippen molar-refractivity contribution in [1.29, 1.82) is 0 Å². The topological polar surface area (TPSA) is 94.8 Å². The van der Waals surface area contributed by atoms with Crippen molar-refractivity contribution >= 4 is 22.9 Å². The van der Waals surface area contributed by atoms with E-state index in [0.29, 0.717) is 62.0 Å². The van der Waals surface area contributed by atoms with Crippen LogP contribution < -0.4 is 9.64 Å². The maximum Gasteiger partial charge on any atom is 0.296 e. The highest BCUT2D eigenvalue weighted by Gasteiger charge is 2.33. The van der Waals surface area contributed by atoms with Crippen LogP contribution in [0.15, 0.2) is 30.3 Å². The van der Waals surface area contributed by atoms with Gasteiger partial charge < -0.3 is 24.0 Å². The van der Waals surface area contributed by atoms with Crippen LogP contribution in [0.4, 0.5) is 14.7 Å². The Morgan fingerprint density at radius 2 is 1.68 bits per heavy atom. The number of imidazole rings is 1. The molecule has 2 aliphatic heterocycles. The summed E-state index contributed by atoms with van der Waals surface area (Å²) in [6, 6.07) is 8.63. The van der Waals surface area contributed by atoms with E-state index in [1.54, 1.807) is 37.4 Å². The minimum absolute atomic E-state index is 0.00951. The van der Waals surface area contributed by atoms with Crippen LogP contribution in [-0.2, 0) is 14.3 Å². The number of amides is 1. The van der Waals surface area contributed by atoms with Gasteiger partial charge in [0.25, 0.3) is 6.43 Å². The SMILES string of the molecule is COC1CCN(C(=O)C2CCC(Oc3cc(-n4c(C(F)F)nc5ccccc54)nc(N4CCOCC4)n3)CC2)CC1. The number of ether oxygens (including phenoxy) is 3. The van der Waals surface area contributed by atoms with E-state index < -0.39 is 6.43 Å². The maximum atomic E-state index is 14.1. The molecule has 0 spiro atoms. The number of benzene rings is 1. The Labute approximate surface area is 237 Å². The lowest BCUT2D eigenvalue weighted by molar-refractivity contribution is -0.139. The van der Waals surface area contributed by atoms with E-state index in [0.717, 1.165) is 38.8 Å². The van der Waals surface area contributed by atoms with Crippen molar-refractivity contribution in [2.24, 2.45) is 5.92 Å². The first-order valence-corrected chi connectivity index (χ1v) is 14.5. The number of morpholine rings is 1. The van der Waals surface area contributed by atoms with Crippen molar-refractivity contribution in [2.75, 3.05) is 51.4 Å². The third kappa shape index (κ3) is 5.99. The quantitative estimate of drug-likeness (QED) is 0.418. The Morgan fingerprint density at radius 1 is 0.951 bits per heavy atom. The van der Waals surface area contributed by atoms with Crippen LogP contribution in [0.5, 0.6) is 5.88 Å². The van der Waals surface area contributed by atoms with E-state index in [1.807, 2.05) is 9.80 Å². The highest BCUT2D eigenvalue weighted by Crippen LogP contribution is 2.33. The molecule has 0 N–H and O–H groups in total. The molecule has 2 aromatic heterocycles. The van der Waals surface area contributed by atoms with Crippen molar-refractivity contribution in [1.82, 2.24) is 24.4 Å². The molecule has 0 unspecified atom stereocenters. The van der Waals surface area contributed by atoms with Gasteiger partial charge in [-0.2, -0.15) is 9.97 Å². The molecular formula is C29H36F2N6O4. The fraction of sp³-hybridized carbons (Fsp3) is 0.586. The number of carbonyl (C=O) groups is 1. The highest BCUT2D eigenvalue weighted by atomic mass is 19.3. The zero-order chi connectivity index (χ0) is 28.3. The minimum atomic E-state index is -2.79. The number of piperidine rings is 1. The van der Waals surface area contributed by atoms with Gasteiger partial charge in [-0.05, 0) is 50.7 Å². The number of rotatable bonds is 7. The van der Waals surface area contributed by atoms with Crippen molar-refractivity contribution in [3.8, 4) is 11.7 Å². The van der Waals surface area contributed by atoms with Gasteiger partial charge in [0.2, 0.25) is 17.7 Å². The first kappa shape index (κ1) is 27.8. The van der Waals surface area contributed by atoms with Crippen LogP contribution in [-0.4, -0.2) is 89.0 Å². The van der Waals surface area contributed by atoms with Crippen molar-refractivity contribution in [3.05, 3.63) is 36.2 Å². The Morgan fingerprint density at radius 3 is 2.39 bits per heavy atom. The molecule has 2 saturated heterocycles. The van der Waals surface area contributed by atoms with E-state index in [-0.39, 0.29) is 35.7 Å². The number of nitrogens with zero attached hydrogens (tertiary/aromatic N) is 6. The van der Waals surface area contributed by atoms with E-state index in [9.17, 15) is 13.6 Å². The number of carbonyl (C=O) groups excluding carboxylic acids is 1. The van der Waals surface area contributed by atoms with Gasteiger partial charge in [0.05, 0.1) is 30.4 Å².